The molecule has 0 saturated carbocycles. The lowest BCUT2D eigenvalue weighted by Gasteiger charge is -2.05. The molecule has 0 amide bonds. The summed E-state index contributed by atoms with van der Waals surface area (Å²) in [5.41, 5.74) is 0.815. The highest BCUT2D eigenvalue weighted by Crippen LogP contribution is 2.21. The maximum atomic E-state index is 11.6. The summed E-state index contributed by atoms with van der Waals surface area (Å²) in [4.78, 5) is 11.6. The fourth-order valence-electron chi connectivity index (χ4n) is 1.26. The molecule has 0 fully saturated rings. The maximum Gasteiger partial charge on any atom is 0.162 e. The summed E-state index contributed by atoms with van der Waals surface area (Å²) in [5.74, 6) is 0.00493. The number of Topliss-reactive ketones (excluding diaryl/α,β-unsaturated/α-hetero) is 1. The lowest BCUT2D eigenvalue weighted by Crippen LogP contribution is -2.14. The van der Waals surface area contributed by atoms with Crippen LogP contribution in [-0.2, 0) is 20.7 Å². The van der Waals surface area contributed by atoms with Crippen molar-refractivity contribution in [2.24, 2.45) is 0 Å². The third-order valence-corrected chi connectivity index (χ3v) is 2.94. The molecule has 0 unspecified atom stereocenters. The number of ketones is 1. The van der Waals surface area contributed by atoms with Crippen LogP contribution in [0.4, 0.5) is 0 Å². The molecular formula is C12H14BrClO3. The lowest BCUT2D eigenvalue weighted by atomic mass is 10.1. The van der Waals surface area contributed by atoms with Gasteiger partial charge in [-0.15, -0.1) is 0 Å². The normalized spacial score (nSPS) is 10.5. The van der Waals surface area contributed by atoms with Crippen molar-refractivity contribution >= 4 is 33.3 Å². The number of rotatable bonds is 7. The largest absolute Gasteiger partial charge is 0.382 e. The number of carbonyl (C=O) groups is 1. The van der Waals surface area contributed by atoms with E-state index >= 15 is 0 Å². The number of hydrogen-bond donors (Lipinski definition) is 0. The molecule has 94 valence electrons. The highest BCUT2D eigenvalue weighted by Gasteiger charge is 2.07. The highest BCUT2D eigenvalue weighted by molar-refractivity contribution is 9.10. The predicted octanol–water partition coefficient (Wildman–Crippen LogP) is 2.88. The number of ether oxygens (including phenoxy) is 2. The summed E-state index contributed by atoms with van der Waals surface area (Å²) < 4.78 is 10.9. The van der Waals surface area contributed by atoms with Crippen molar-refractivity contribution in [3.8, 4) is 0 Å². The number of methoxy groups -OCH3 is 1. The molecule has 0 saturated heterocycles. The maximum absolute atomic E-state index is 11.6. The molecule has 0 heterocycles. The predicted molar refractivity (Wildman–Crippen MR) is 70.6 cm³/mol. The van der Waals surface area contributed by atoms with Gasteiger partial charge in [-0.25, -0.2) is 0 Å². The van der Waals surface area contributed by atoms with Gasteiger partial charge in [-0.1, -0.05) is 33.6 Å². The van der Waals surface area contributed by atoms with E-state index in [-0.39, 0.29) is 12.4 Å². The van der Waals surface area contributed by atoms with Gasteiger partial charge in [0, 0.05) is 23.0 Å². The van der Waals surface area contributed by atoms with Gasteiger partial charge in [-0.05, 0) is 17.7 Å². The van der Waals surface area contributed by atoms with E-state index in [1.165, 1.54) is 0 Å². The Morgan fingerprint density at radius 2 is 2.18 bits per heavy atom. The van der Waals surface area contributed by atoms with E-state index in [1.54, 1.807) is 13.2 Å². The van der Waals surface area contributed by atoms with Crippen molar-refractivity contribution in [1.29, 1.82) is 0 Å². The molecular weight excluding hydrogens is 307 g/mol. The van der Waals surface area contributed by atoms with E-state index in [0.29, 0.717) is 24.7 Å². The Kier molecular flexibility index (Phi) is 6.73. The average molecular weight is 322 g/mol. The van der Waals surface area contributed by atoms with Crippen LogP contribution < -0.4 is 0 Å². The first kappa shape index (κ1) is 14.6. The fourth-order valence-corrected chi connectivity index (χ4v) is 2.00. The van der Waals surface area contributed by atoms with E-state index in [0.717, 1.165) is 10.0 Å². The van der Waals surface area contributed by atoms with Crippen LogP contribution in [0.2, 0.25) is 5.02 Å². The van der Waals surface area contributed by atoms with Crippen LogP contribution in [0.25, 0.3) is 0 Å². The summed E-state index contributed by atoms with van der Waals surface area (Å²) in [6, 6.07) is 5.47. The van der Waals surface area contributed by atoms with Gasteiger partial charge >= 0.3 is 0 Å². The van der Waals surface area contributed by atoms with Crippen molar-refractivity contribution in [3.63, 3.8) is 0 Å². The third-order valence-electron chi connectivity index (χ3n) is 2.10. The minimum atomic E-state index is 0.00493. The Morgan fingerprint density at radius 3 is 2.82 bits per heavy atom. The van der Waals surface area contributed by atoms with Crippen LogP contribution in [0.15, 0.2) is 22.7 Å². The van der Waals surface area contributed by atoms with Crippen LogP contribution in [0, 0.1) is 0 Å². The third kappa shape index (κ3) is 5.64. The first-order valence-corrected chi connectivity index (χ1v) is 6.33. The number of halogens is 2. The van der Waals surface area contributed by atoms with Gasteiger partial charge in [0.15, 0.2) is 5.78 Å². The zero-order chi connectivity index (χ0) is 12.7. The topological polar surface area (TPSA) is 35.5 Å². The van der Waals surface area contributed by atoms with E-state index in [2.05, 4.69) is 15.9 Å². The van der Waals surface area contributed by atoms with E-state index in [1.807, 2.05) is 12.1 Å². The number of carbonyl (C=O) groups excluding carboxylic acids is 1. The van der Waals surface area contributed by atoms with E-state index in [4.69, 9.17) is 21.1 Å². The van der Waals surface area contributed by atoms with Crippen molar-refractivity contribution < 1.29 is 14.3 Å². The van der Waals surface area contributed by atoms with Crippen molar-refractivity contribution in [1.82, 2.24) is 0 Å². The number of hydrogen-bond acceptors (Lipinski definition) is 3. The van der Waals surface area contributed by atoms with Crippen LogP contribution in [-0.4, -0.2) is 32.7 Å². The summed E-state index contributed by atoms with van der Waals surface area (Å²) in [7, 11) is 1.59. The highest BCUT2D eigenvalue weighted by atomic mass is 79.9. The molecule has 1 aromatic carbocycles. The van der Waals surface area contributed by atoms with Gasteiger partial charge < -0.3 is 9.47 Å². The summed E-state index contributed by atoms with van der Waals surface area (Å²) >= 11 is 9.33. The van der Waals surface area contributed by atoms with Gasteiger partial charge in [-0.2, -0.15) is 0 Å². The molecule has 0 radical (unpaired) electrons. The Labute approximate surface area is 114 Å². The first-order chi connectivity index (χ1) is 8.13. The van der Waals surface area contributed by atoms with Crippen LogP contribution >= 0.6 is 27.5 Å². The Morgan fingerprint density at radius 1 is 1.41 bits per heavy atom. The Bertz CT molecular complexity index is 382. The van der Waals surface area contributed by atoms with E-state index < -0.39 is 0 Å². The second kappa shape index (κ2) is 7.82. The number of benzene rings is 1. The van der Waals surface area contributed by atoms with Gasteiger partial charge in [0.05, 0.1) is 13.2 Å². The molecule has 0 aliphatic heterocycles. The van der Waals surface area contributed by atoms with Crippen molar-refractivity contribution in [2.45, 2.75) is 6.42 Å². The lowest BCUT2D eigenvalue weighted by molar-refractivity contribution is -0.123. The van der Waals surface area contributed by atoms with Crippen molar-refractivity contribution in [3.05, 3.63) is 33.3 Å². The zero-order valence-corrected chi connectivity index (χ0v) is 11.9. The molecule has 17 heavy (non-hydrogen) atoms. The molecule has 1 rings (SSSR count). The van der Waals surface area contributed by atoms with Crippen molar-refractivity contribution in [2.75, 3.05) is 26.9 Å². The Balaban J connectivity index is 2.40. The van der Waals surface area contributed by atoms with Crippen LogP contribution in [0.1, 0.15) is 5.56 Å². The molecule has 0 aromatic heterocycles. The molecule has 0 aliphatic carbocycles. The monoisotopic (exact) mass is 320 g/mol. The van der Waals surface area contributed by atoms with Crippen LogP contribution in [0.3, 0.4) is 0 Å². The smallest absolute Gasteiger partial charge is 0.162 e. The van der Waals surface area contributed by atoms with Gasteiger partial charge in [-0.3, -0.25) is 4.79 Å². The Hall–Kier alpha value is -0.420. The molecule has 3 nitrogen and oxygen atoms in total. The summed E-state index contributed by atoms with van der Waals surface area (Å²) in [5, 5.41) is 0.588. The summed E-state index contributed by atoms with van der Waals surface area (Å²) in [6.45, 7) is 1.01. The average Bonchev–Trinajstić information content (AvgIpc) is 2.28. The molecule has 0 aliphatic rings. The fraction of sp³-hybridized carbons (Fsp3) is 0.417. The van der Waals surface area contributed by atoms with Crippen LogP contribution in [0.5, 0.6) is 0 Å². The molecule has 0 spiro atoms. The second-order valence-electron chi connectivity index (χ2n) is 3.50. The van der Waals surface area contributed by atoms with E-state index in [9.17, 15) is 4.79 Å². The van der Waals surface area contributed by atoms with Gasteiger partial charge in [0.1, 0.15) is 6.61 Å². The van der Waals surface area contributed by atoms with Gasteiger partial charge in [0.2, 0.25) is 0 Å². The van der Waals surface area contributed by atoms with Gasteiger partial charge in [0.25, 0.3) is 0 Å². The molecule has 1 aromatic rings. The standard InChI is InChI=1S/C12H14BrClO3/c1-16-4-5-17-8-11(15)6-9-2-3-10(13)7-12(9)14/h2-3,7H,4-6,8H2,1H3. The quantitative estimate of drug-likeness (QED) is 0.724. The zero-order valence-electron chi connectivity index (χ0n) is 9.54. The minimum absolute atomic E-state index is 0.00493. The minimum Gasteiger partial charge on any atom is -0.382 e. The molecule has 5 heteroatoms. The molecule has 0 bridgehead atoms. The molecule has 0 N–H and O–H groups in total. The SMILES string of the molecule is COCCOCC(=O)Cc1ccc(Br)cc1Cl. The molecule has 0 atom stereocenters. The second-order valence-corrected chi connectivity index (χ2v) is 4.82. The first-order valence-electron chi connectivity index (χ1n) is 5.16. The summed E-state index contributed by atoms with van der Waals surface area (Å²) in [6.07, 6.45) is 0.291.